The Kier molecular flexibility index (Phi) is 6.29. The second-order valence-corrected chi connectivity index (χ2v) is 11.4. The van der Waals surface area contributed by atoms with E-state index in [1.807, 2.05) is 6.92 Å². The molecule has 0 unspecified atom stereocenters. The Balaban J connectivity index is 3.33. The van der Waals surface area contributed by atoms with Gasteiger partial charge in [-0.3, -0.25) is 0 Å². The van der Waals surface area contributed by atoms with E-state index >= 15 is 0 Å². The summed E-state index contributed by atoms with van der Waals surface area (Å²) < 4.78 is 5.57. The van der Waals surface area contributed by atoms with Crippen LogP contribution in [-0.4, -0.2) is 6.61 Å². The van der Waals surface area contributed by atoms with Crippen LogP contribution >= 0.6 is 11.3 Å². The molecule has 0 aliphatic carbocycles. The van der Waals surface area contributed by atoms with Crippen molar-refractivity contribution in [2.45, 2.75) is 6.92 Å². The topological polar surface area (TPSA) is 9.23 Å². The van der Waals surface area contributed by atoms with Gasteiger partial charge in [0.05, 0.1) is 0 Å². The Labute approximate surface area is 68.4 Å². The molecule has 0 heterocycles. The SMILES string of the molecule is C=[C](OCC)[Ce]([Cl])[Cl]. The van der Waals surface area contributed by atoms with E-state index in [1.54, 1.807) is 0 Å². The zero-order valence-corrected chi connectivity index (χ0v) is 9.23. The van der Waals surface area contributed by atoms with Gasteiger partial charge in [0.1, 0.15) is 0 Å². The van der Waals surface area contributed by atoms with Crippen LogP contribution < -0.4 is 0 Å². The molecule has 0 saturated carbocycles. The molecule has 8 heavy (non-hydrogen) atoms. The molecule has 0 amide bonds. The zero-order valence-electron chi connectivity index (χ0n) is 4.58. The van der Waals surface area contributed by atoms with E-state index in [2.05, 4.69) is 6.58 Å². The quantitative estimate of drug-likeness (QED) is 0.722. The van der Waals surface area contributed by atoms with Gasteiger partial charge in [-0.1, -0.05) is 0 Å². The fourth-order valence-corrected chi connectivity index (χ4v) is 1.82. The molecule has 0 radical (unpaired) electrons. The Morgan fingerprint density at radius 3 is 2.38 bits per heavy atom. The van der Waals surface area contributed by atoms with E-state index in [0.29, 0.717) is 7.88 Å². The van der Waals surface area contributed by atoms with Crippen LogP contribution in [0.5, 0.6) is 0 Å². The maximum atomic E-state index is 5.56. The third kappa shape index (κ3) is 4.38. The Hall–Kier alpha value is 1.50. The van der Waals surface area contributed by atoms with Gasteiger partial charge in [-0.2, -0.15) is 0 Å². The third-order valence-electron chi connectivity index (χ3n) is 0.529. The predicted molar refractivity (Wildman–Crippen MR) is 32.5 cm³/mol. The van der Waals surface area contributed by atoms with E-state index in [1.165, 1.54) is 0 Å². The molecular formula is C4H7CeCl2O. The number of halogens is 2. The number of hydrogen-bond donors (Lipinski definition) is 0. The molecule has 0 atom stereocenters. The molecule has 47 valence electrons. The molecule has 0 N–H and O–H groups in total. The van der Waals surface area contributed by atoms with Crippen molar-refractivity contribution in [3.8, 4) is 0 Å². The summed E-state index contributed by atoms with van der Waals surface area (Å²) in [5.74, 6) is 0. The number of rotatable bonds is 3. The van der Waals surface area contributed by atoms with Crippen LogP contribution in [0.25, 0.3) is 0 Å². The molecule has 0 spiro atoms. The second kappa shape index (κ2) is 5.29. The average Bonchev–Trinajstić information content (AvgIpc) is 1.67. The van der Waals surface area contributed by atoms with E-state index in [-0.39, 0.29) is 0 Å². The van der Waals surface area contributed by atoms with Gasteiger partial charge in [0, 0.05) is 0 Å². The number of ether oxygens (including phenoxy) is 1. The minimum absolute atomic E-state index is 0.618. The van der Waals surface area contributed by atoms with Crippen LogP contribution in [0.1, 0.15) is 6.92 Å². The van der Waals surface area contributed by atoms with Gasteiger partial charge in [0.15, 0.2) is 0 Å². The second-order valence-electron chi connectivity index (χ2n) is 1.12. The molecular weight excluding hydrogens is 275 g/mol. The fraction of sp³-hybridized carbons (Fsp3) is 0.500. The van der Waals surface area contributed by atoms with Gasteiger partial charge in [0.2, 0.25) is 0 Å². The standard InChI is InChI=1S/C4H7O.Ce.2ClH/c1-3-5-4-2;;;/h1,4H2,2H3;;2*1H/q;+2;;/p-2. The third-order valence-corrected chi connectivity index (χ3v) is 5.38. The molecule has 4 heteroatoms. The molecule has 0 saturated heterocycles. The number of hydrogen-bond acceptors (Lipinski definition) is 1. The molecule has 0 aromatic rings. The molecule has 0 bridgehead atoms. The van der Waals surface area contributed by atoms with Gasteiger partial charge >= 0.3 is 69.6 Å². The first-order valence-electron chi connectivity index (χ1n) is 2.18. The molecule has 0 aromatic heterocycles. The summed E-state index contributed by atoms with van der Waals surface area (Å²) in [6, 6.07) is 0. The van der Waals surface area contributed by atoms with Gasteiger partial charge in [0.25, 0.3) is 0 Å². The Morgan fingerprint density at radius 1 is 1.75 bits per heavy atom. The van der Waals surface area contributed by atoms with Crippen molar-refractivity contribution in [1.29, 1.82) is 0 Å². The fourth-order valence-electron chi connectivity index (χ4n) is 0.229. The monoisotopic (exact) mass is 281 g/mol. The van der Waals surface area contributed by atoms with Crippen molar-refractivity contribution in [2.75, 3.05) is 6.61 Å². The summed E-state index contributed by atoms with van der Waals surface area (Å²) in [5, 5.41) is 0. The molecule has 0 aromatic carbocycles. The molecule has 0 aliphatic heterocycles. The van der Waals surface area contributed by atoms with Crippen LogP contribution in [0.15, 0.2) is 7.86 Å². The predicted octanol–water partition coefficient (Wildman–Crippen LogP) is 2.42. The molecule has 0 aliphatic rings. The van der Waals surface area contributed by atoms with E-state index in [9.17, 15) is 0 Å². The first kappa shape index (κ1) is 9.50. The summed E-state index contributed by atoms with van der Waals surface area (Å²) in [6.07, 6.45) is 0. The normalized spacial score (nSPS) is 8.38. The first-order valence-corrected chi connectivity index (χ1v) is 11.6. The minimum atomic E-state index is -2.37. The van der Waals surface area contributed by atoms with E-state index in [4.69, 9.17) is 16.0 Å². The van der Waals surface area contributed by atoms with Crippen molar-refractivity contribution in [3.05, 3.63) is 7.86 Å². The van der Waals surface area contributed by atoms with E-state index < -0.39 is 32.3 Å². The van der Waals surface area contributed by atoms with E-state index in [0.717, 1.165) is 0 Å². The van der Waals surface area contributed by atoms with Crippen LogP contribution in [-0.2, 0) is 4.74 Å². The van der Waals surface area contributed by atoms with Crippen molar-refractivity contribution >= 4 is 11.3 Å². The Morgan fingerprint density at radius 2 is 2.25 bits per heavy atom. The summed E-state index contributed by atoms with van der Waals surface area (Å²) in [5.41, 5.74) is 11.1. The van der Waals surface area contributed by atoms with Crippen molar-refractivity contribution in [2.24, 2.45) is 0 Å². The van der Waals surface area contributed by atoms with Gasteiger partial charge in [-0.15, -0.1) is 0 Å². The first-order chi connectivity index (χ1) is 3.68. The zero-order chi connectivity index (χ0) is 6.57. The van der Waals surface area contributed by atoms with Crippen molar-refractivity contribution in [3.63, 3.8) is 0 Å². The van der Waals surface area contributed by atoms with Gasteiger partial charge in [-0.25, -0.2) is 0 Å². The summed E-state index contributed by atoms with van der Waals surface area (Å²) in [4.78, 5) is 0. The van der Waals surface area contributed by atoms with Crippen LogP contribution in [0.3, 0.4) is 0 Å². The van der Waals surface area contributed by atoms with Crippen LogP contribution in [0.4, 0.5) is 0 Å². The summed E-state index contributed by atoms with van der Waals surface area (Å²) in [6.45, 7) is 6.05. The average molecular weight is 282 g/mol. The maximum absolute atomic E-state index is 5.56. The Bertz CT molecular complexity index is 84.1. The van der Waals surface area contributed by atoms with Crippen molar-refractivity contribution < 1.29 is 37.0 Å². The van der Waals surface area contributed by atoms with Gasteiger partial charge < -0.3 is 0 Å². The van der Waals surface area contributed by atoms with Crippen LogP contribution in [0.2, 0.25) is 0 Å². The van der Waals surface area contributed by atoms with Crippen LogP contribution in [0, 0.1) is 32.3 Å². The molecule has 0 rings (SSSR count). The van der Waals surface area contributed by atoms with Crippen molar-refractivity contribution in [1.82, 2.24) is 0 Å². The molecule has 1 nitrogen and oxygen atoms in total. The molecule has 0 fully saturated rings. The summed E-state index contributed by atoms with van der Waals surface area (Å²) in [7, 11) is 0. The summed E-state index contributed by atoms with van der Waals surface area (Å²) >= 11 is -2.37. The van der Waals surface area contributed by atoms with Gasteiger partial charge in [-0.05, 0) is 0 Å².